The number of nitrogens with zero attached hydrogens (tertiary/aromatic N) is 10. The summed E-state index contributed by atoms with van der Waals surface area (Å²) in [5.41, 5.74) is 6.92. The first-order valence-electron chi connectivity index (χ1n) is 41.6. The zero-order chi connectivity index (χ0) is 103. The molecule has 22 nitrogen and oxygen atoms in total. The zero-order valence-electron chi connectivity index (χ0n) is 82.8. The number of hydrogen-bond donors (Lipinski definition) is 3. The van der Waals surface area contributed by atoms with Gasteiger partial charge < -0.3 is 73.8 Å². The summed E-state index contributed by atoms with van der Waals surface area (Å²) in [6.07, 6.45) is 3.53. The van der Waals surface area contributed by atoms with E-state index in [0.717, 1.165) is 62.9 Å². The molecule has 0 spiro atoms. The average Bonchev–Trinajstić information content (AvgIpc) is 1.60. The molecule has 0 aromatic heterocycles. The normalized spacial score (nSPS) is 14.5. The van der Waals surface area contributed by atoms with Crippen LogP contribution in [0.15, 0.2) is 144 Å². The minimum atomic E-state index is -1.62. The fourth-order valence-corrected chi connectivity index (χ4v) is 14.3. The maximum atomic E-state index is 10.8. The SMILES string of the molecule is BrCc1cc(Br)cc(CBr)c1.CC1(C)OB(B2OC(C)(C)C(C)(C)O2)OC1(C)C.CCOC(=O)/C=C/CC(=O)OCC.CI.Cc1cc(C)cc(Br)c1.Cl.N#CCc1cc(Br)cc(CC#N)c1.[B]=NS.[C-]#N.[C-]#[N+]C(C)(C)c1cc(B(O)O)cc(C(C)(C)C#N)c1.[C-]#[N+]C(C)(C)c1cc(B2OC(C)(C)C(C)(C)O2)cc(C(C)(C)C#N)c1.[C-]#[N+]C(C)(C)c1cc(Br)cc(C(C)(C)C#N)c1.[Na+]. The molecule has 0 unspecified atom stereocenters. The van der Waals surface area contributed by atoms with Gasteiger partial charge in [-0.15, -0.1) is 12.4 Å². The summed E-state index contributed by atoms with van der Waals surface area (Å²) >= 11 is 25.8. The molecule has 0 aliphatic carbocycles. The molecule has 0 saturated carbocycles. The first-order valence-corrected chi connectivity index (χ1v) is 49.6. The molecular weight excluding hydrogens is 2250 g/mol. The Morgan fingerprint density at radius 1 is 0.493 bits per heavy atom. The standard InChI is InChI=1S/C20H27BN2O2.C14H17BN2O2.C14H15BrN2.C12H24B2O4.C10H7BrN2.C9H14O4.C8H7Br3.C8H9Br.CH3I.CN.BHNS.ClH.Na/c1-17(2,13-22)14-10-15(18(3,4)23-9)12-16(11-14)21-24-19(5,6)20(7,8)25-21;1-13(2,9-16)10-6-11(14(3,4)17-5)8-12(7-10)15(18)19;1-13(2,9-16)10-6-11(8-12(15)7-10)14(3,4)17-5;1-9(2)10(3,4)16-13(15-9)14-17-11(5,6)12(7,8)18-14;11-10-6-8(1-3-12)5-9(7-10)2-4-13;1-3-12-8(10)6-5-7-9(11)13-4-2;9-4-6-1-7(5-10)3-8(11)2-6;1-6-3-7(2)5-8(9)4-6;2*1-2;1-2-3;;/h10-12H,1-8H3;6-8,18-19H,1-4H3;6-8H,1-4H3;1-8H3;5-7H,1-2H2;5-6H,3-4,7H2,1-2H3;1-3H,4-5H2;3-5H,1-2H3;1H3;;3H;1H;/q;;;;;;;;;-1;;;+1/b;;;;;6-5+;;;;;;;. The molecule has 713 valence electrons. The predicted molar refractivity (Wildman–Crippen MR) is 572 cm³/mol. The monoisotopic (exact) mass is 2370 g/mol. The number of nitriles is 5. The van der Waals surface area contributed by atoms with Gasteiger partial charge in [-0.2, -0.15) is 26.3 Å². The van der Waals surface area contributed by atoms with E-state index in [2.05, 4.69) is 248 Å². The average molecular weight is 2370 g/mol. The fraction of sp³-hybridized carbons (Fsp3) is 0.495. The van der Waals surface area contributed by atoms with Crippen LogP contribution in [0.25, 0.3) is 14.5 Å². The van der Waals surface area contributed by atoms with E-state index in [9.17, 15) is 30.2 Å². The van der Waals surface area contributed by atoms with Crippen molar-refractivity contribution in [2.24, 2.45) is 4.30 Å². The van der Waals surface area contributed by atoms with Crippen molar-refractivity contribution in [3.05, 3.63) is 247 Å². The summed E-state index contributed by atoms with van der Waals surface area (Å²) in [7, 11) is 1.25. The van der Waals surface area contributed by atoms with E-state index in [4.69, 9.17) is 75.3 Å². The summed E-state index contributed by atoms with van der Waals surface area (Å²) in [5, 5.41) is 71.7. The fourth-order valence-electron chi connectivity index (χ4n) is 11.2. The van der Waals surface area contributed by atoms with E-state index in [1.54, 1.807) is 59.7 Å². The van der Waals surface area contributed by atoms with Crippen LogP contribution in [0.5, 0.6) is 0 Å². The summed E-state index contributed by atoms with van der Waals surface area (Å²) in [4.78, 5) is 34.4. The molecule has 9 rings (SSSR count). The maximum Gasteiger partial charge on any atom is 1.00 e. The van der Waals surface area contributed by atoms with Crippen molar-refractivity contribution in [3.8, 4) is 30.3 Å². The molecule has 3 fully saturated rings. The summed E-state index contributed by atoms with van der Waals surface area (Å²) in [6, 6.07) is 46.1. The minimum absolute atomic E-state index is 0. The molecule has 2 N–H and O–H groups in total. The van der Waals surface area contributed by atoms with Crippen molar-refractivity contribution >= 4 is 202 Å². The van der Waals surface area contributed by atoms with Crippen LogP contribution in [0.1, 0.15) is 253 Å². The molecular formula is C97H125B5Br6ClIN10NaO12S. The number of benzene rings is 6. The van der Waals surface area contributed by atoms with Crippen LogP contribution in [-0.2, 0) is 103 Å². The number of ether oxygens (including phenoxy) is 2. The first-order chi connectivity index (χ1) is 60.8. The Bertz CT molecular complexity index is 4930. The van der Waals surface area contributed by atoms with Gasteiger partial charge in [0.05, 0.1) is 113 Å². The number of carbonyl (C=O) groups excluding carboxylic acids is 2. The molecule has 3 aliphatic rings. The van der Waals surface area contributed by atoms with Gasteiger partial charge in [0.25, 0.3) is 16.6 Å². The quantitative estimate of drug-likeness (QED) is 0.0137. The molecule has 3 aliphatic heterocycles. The molecule has 3 saturated heterocycles. The third-order valence-corrected chi connectivity index (χ3v) is 24.7. The van der Waals surface area contributed by atoms with E-state index < -0.39 is 78.3 Å². The van der Waals surface area contributed by atoms with Crippen LogP contribution in [-0.4, -0.2) is 110 Å². The van der Waals surface area contributed by atoms with Crippen molar-refractivity contribution in [1.82, 2.24) is 0 Å². The third kappa shape index (κ3) is 44.5. The van der Waals surface area contributed by atoms with Gasteiger partial charge in [-0.3, -0.25) is 4.79 Å². The maximum absolute atomic E-state index is 10.8. The molecule has 37 heteroatoms. The van der Waals surface area contributed by atoms with Crippen molar-refractivity contribution in [2.45, 2.75) is 290 Å². The molecule has 6 aromatic rings. The third-order valence-electron chi connectivity index (χ3n) is 21.6. The molecule has 0 amide bonds. The minimum Gasteiger partial charge on any atom is -0.512 e. The number of aryl methyl sites for hydroxylation is 2. The van der Waals surface area contributed by atoms with Crippen molar-refractivity contribution in [1.29, 1.82) is 31.6 Å². The van der Waals surface area contributed by atoms with Gasteiger partial charge in [0.1, 0.15) is 0 Å². The Kier molecular flexibility index (Phi) is 61.6. The largest absolute Gasteiger partial charge is 1.00 e. The number of esters is 2. The van der Waals surface area contributed by atoms with E-state index in [-0.39, 0.29) is 76.8 Å². The van der Waals surface area contributed by atoms with Gasteiger partial charge in [-0.25, -0.2) is 24.5 Å². The van der Waals surface area contributed by atoms with E-state index in [0.29, 0.717) is 42.6 Å². The Morgan fingerprint density at radius 3 is 1.08 bits per heavy atom. The van der Waals surface area contributed by atoms with Crippen molar-refractivity contribution in [2.75, 3.05) is 18.1 Å². The van der Waals surface area contributed by atoms with Gasteiger partial charge in [0.2, 0.25) is 0 Å². The number of thiol groups is 1. The van der Waals surface area contributed by atoms with Gasteiger partial charge in [-0.05, 0) is 285 Å². The summed E-state index contributed by atoms with van der Waals surface area (Å²) < 4.78 is 52.3. The molecule has 0 bridgehead atoms. The predicted octanol–water partition coefficient (Wildman–Crippen LogP) is 21.6. The number of rotatable bonds is 18. The van der Waals surface area contributed by atoms with Crippen LogP contribution in [0.3, 0.4) is 0 Å². The van der Waals surface area contributed by atoms with E-state index in [1.165, 1.54) is 38.9 Å². The van der Waals surface area contributed by atoms with Crippen molar-refractivity contribution < 1.29 is 86.6 Å². The molecule has 6 aromatic carbocycles. The number of halogens is 8. The van der Waals surface area contributed by atoms with Gasteiger partial charge in [0.15, 0.2) is 0 Å². The van der Waals surface area contributed by atoms with E-state index >= 15 is 0 Å². The molecule has 134 heavy (non-hydrogen) atoms. The summed E-state index contributed by atoms with van der Waals surface area (Å²) in [6.45, 7) is 81.4. The number of hydrogen-bond acceptors (Lipinski definition) is 20. The number of alkyl halides is 3. The smallest absolute Gasteiger partial charge is 0.512 e. The van der Waals surface area contributed by atoms with Crippen LogP contribution < -0.4 is 40.5 Å². The summed E-state index contributed by atoms with van der Waals surface area (Å²) in [5.74, 6) is -0.783. The zero-order valence-corrected chi connectivity index (χ0v) is 98.2. The second-order valence-electron chi connectivity index (χ2n) is 36.3. The Morgan fingerprint density at radius 2 is 0.769 bits per heavy atom. The van der Waals surface area contributed by atoms with Crippen LogP contribution in [0.2, 0.25) is 0 Å². The van der Waals surface area contributed by atoms with Crippen LogP contribution in [0.4, 0.5) is 0 Å². The Balaban J connectivity index is -0.000000722. The van der Waals surface area contributed by atoms with Crippen LogP contribution in [0, 0.1) is 102 Å². The number of carbonyl (C=O) groups is 2. The second kappa shape index (κ2) is 61.2. The van der Waals surface area contributed by atoms with Crippen LogP contribution >= 0.6 is 143 Å². The molecule has 0 atom stereocenters. The first kappa shape index (κ1) is 135. The Labute approximate surface area is 900 Å². The van der Waals surface area contributed by atoms with Gasteiger partial charge >= 0.3 is 94.5 Å². The van der Waals surface area contributed by atoms with E-state index in [1.807, 2.05) is 198 Å². The molecule has 3 heterocycles. The molecule has 1 radical (unpaired) electrons. The Hall–Kier alpha value is -5.54. The van der Waals surface area contributed by atoms with Crippen molar-refractivity contribution in [3.63, 3.8) is 0 Å². The van der Waals surface area contributed by atoms with Gasteiger partial charge in [-0.1, -0.05) is 167 Å². The second-order valence-corrected chi connectivity index (χ2v) is 41.3. The topological polar surface area (TPSA) is 317 Å². The van der Waals surface area contributed by atoms with Gasteiger partial charge in [0, 0.05) is 92.9 Å².